The molecule has 0 aliphatic carbocycles. The van der Waals surface area contributed by atoms with Crippen LogP contribution in [0.2, 0.25) is 0 Å². The molecule has 2 aromatic heterocycles. The van der Waals surface area contributed by atoms with Crippen molar-refractivity contribution in [2.45, 2.75) is 38.6 Å². The first-order valence-corrected chi connectivity index (χ1v) is 8.43. The lowest BCUT2D eigenvalue weighted by atomic mass is 10.1. The summed E-state index contributed by atoms with van der Waals surface area (Å²) in [6.45, 7) is 5.17. The van der Waals surface area contributed by atoms with Gasteiger partial charge in [-0.2, -0.15) is 0 Å². The maximum Gasteiger partial charge on any atom is 0.220 e. The molecule has 23 heavy (non-hydrogen) atoms. The number of hydrogen-bond donors (Lipinski definition) is 1. The summed E-state index contributed by atoms with van der Waals surface area (Å²) in [6.07, 6.45) is 5.14. The maximum atomic E-state index is 5.81. The minimum absolute atomic E-state index is 0.373. The molecule has 1 aromatic carbocycles. The SMILES string of the molecule is CCCc1nnc(C2CCN(Cc3c[nH]c4ccccc34)C2)o1. The molecule has 3 aromatic rings. The van der Waals surface area contributed by atoms with E-state index in [1.54, 1.807) is 0 Å². The molecule has 1 aliphatic heterocycles. The molecular formula is C18H22N4O. The number of hydrogen-bond acceptors (Lipinski definition) is 4. The maximum absolute atomic E-state index is 5.81. The van der Waals surface area contributed by atoms with Gasteiger partial charge in [-0.25, -0.2) is 0 Å². The van der Waals surface area contributed by atoms with Crippen molar-refractivity contribution in [3.8, 4) is 0 Å². The van der Waals surface area contributed by atoms with Crippen LogP contribution in [-0.4, -0.2) is 33.2 Å². The predicted octanol–water partition coefficient (Wildman–Crippen LogP) is 3.49. The summed E-state index contributed by atoms with van der Waals surface area (Å²) >= 11 is 0. The molecule has 1 saturated heterocycles. The monoisotopic (exact) mass is 310 g/mol. The van der Waals surface area contributed by atoms with Gasteiger partial charge >= 0.3 is 0 Å². The second-order valence-electron chi connectivity index (χ2n) is 6.36. The van der Waals surface area contributed by atoms with Crippen molar-refractivity contribution in [1.29, 1.82) is 0 Å². The van der Waals surface area contributed by atoms with Gasteiger partial charge in [-0.1, -0.05) is 25.1 Å². The van der Waals surface area contributed by atoms with Crippen LogP contribution in [0.25, 0.3) is 10.9 Å². The number of nitrogens with one attached hydrogen (secondary N) is 1. The van der Waals surface area contributed by atoms with Crippen LogP contribution in [-0.2, 0) is 13.0 Å². The second kappa shape index (κ2) is 6.16. The molecule has 0 radical (unpaired) electrons. The third kappa shape index (κ3) is 2.88. The van der Waals surface area contributed by atoms with E-state index in [9.17, 15) is 0 Å². The Hall–Kier alpha value is -2.14. The van der Waals surface area contributed by atoms with Crippen LogP contribution >= 0.6 is 0 Å². The summed E-state index contributed by atoms with van der Waals surface area (Å²) < 4.78 is 5.81. The average Bonchev–Trinajstić information content (AvgIpc) is 3.28. The molecule has 1 atom stereocenters. The van der Waals surface area contributed by atoms with E-state index in [-0.39, 0.29) is 0 Å². The number of likely N-dealkylation sites (tertiary alicyclic amines) is 1. The van der Waals surface area contributed by atoms with Gasteiger partial charge in [0.1, 0.15) is 0 Å². The van der Waals surface area contributed by atoms with Gasteiger partial charge in [-0.3, -0.25) is 4.90 Å². The van der Waals surface area contributed by atoms with E-state index in [2.05, 4.69) is 57.5 Å². The van der Waals surface area contributed by atoms with E-state index in [0.29, 0.717) is 5.92 Å². The zero-order chi connectivity index (χ0) is 15.6. The van der Waals surface area contributed by atoms with E-state index < -0.39 is 0 Å². The molecule has 1 aliphatic rings. The Morgan fingerprint density at radius 1 is 1.30 bits per heavy atom. The summed E-state index contributed by atoms with van der Waals surface area (Å²) in [5.41, 5.74) is 2.57. The number of nitrogens with zero attached hydrogens (tertiary/aromatic N) is 3. The number of benzene rings is 1. The minimum atomic E-state index is 0.373. The van der Waals surface area contributed by atoms with Crippen molar-refractivity contribution < 1.29 is 4.42 Å². The number of para-hydroxylation sites is 1. The zero-order valence-corrected chi connectivity index (χ0v) is 13.5. The van der Waals surface area contributed by atoms with Crippen molar-refractivity contribution in [3.05, 3.63) is 47.8 Å². The third-order valence-corrected chi connectivity index (χ3v) is 4.64. The second-order valence-corrected chi connectivity index (χ2v) is 6.36. The molecule has 1 unspecified atom stereocenters. The highest BCUT2D eigenvalue weighted by atomic mass is 16.4. The van der Waals surface area contributed by atoms with Crippen LogP contribution in [0.5, 0.6) is 0 Å². The summed E-state index contributed by atoms with van der Waals surface area (Å²) in [5, 5.41) is 9.72. The van der Waals surface area contributed by atoms with Crippen LogP contribution in [0.15, 0.2) is 34.9 Å². The summed E-state index contributed by atoms with van der Waals surface area (Å²) in [4.78, 5) is 5.83. The molecule has 5 heteroatoms. The van der Waals surface area contributed by atoms with Gasteiger partial charge in [0, 0.05) is 36.6 Å². The number of aromatic nitrogens is 3. The molecule has 0 amide bonds. The predicted molar refractivity (Wildman–Crippen MR) is 89.2 cm³/mol. The third-order valence-electron chi connectivity index (χ3n) is 4.64. The van der Waals surface area contributed by atoms with E-state index in [4.69, 9.17) is 4.42 Å². The van der Waals surface area contributed by atoms with Gasteiger partial charge in [0.15, 0.2) is 0 Å². The fourth-order valence-electron chi connectivity index (χ4n) is 3.43. The minimum Gasteiger partial charge on any atom is -0.425 e. The summed E-state index contributed by atoms with van der Waals surface area (Å²) in [7, 11) is 0. The molecule has 4 rings (SSSR count). The zero-order valence-electron chi connectivity index (χ0n) is 13.5. The van der Waals surface area contributed by atoms with Crippen LogP contribution in [0.1, 0.15) is 43.0 Å². The van der Waals surface area contributed by atoms with E-state index in [1.807, 2.05) is 0 Å². The highest BCUT2D eigenvalue weighted by Crippen LogP contribution is 2.29. The Bertz CT molecular complexity index is 791. The molecule has 0 saturated carbocycles. The van der Waals surface area contributed by atoms with Crippen LogP contribution in [0.3, 0.4) is 0 Å². The number of aromatic amines is 1. The first-order valence-electron chi connectivity index (χ1n) is 8.43. The summed E-state index contributed by atoms with van der Waals surface area (Å²) in [6, 6.07) is 8.47. The molecular weight excluding hydrogens is 288 g/mol. The Kier molecular flexibility index (Phi) is 3.87. The Morgan fingerprint density at radius 2 is 2.22 bits per heavy atom. The molecule has 120 valence electrons. The first kappa shape index (κ1) is 14.5. The van der Waals surface area contributed by atoms with E-state index in [1.165, 1.54) is 16.5 Å². The lowest BCUT2D eigenvalue weighted by molar-refractivity contribution is 0.319. The largest absolute Gasteiger partial charge is 0.425 e. The van der Waals surface area contributed by atoms with Crippen molar-refractivity contribution in [2.75, 3.05) is 13.1 Å². The Balaban J connectivity index is 1.43. The quantitative estimate of drug-likeness (QED) is 0.783. The van der Waals surface area contributed by atoms with Gasteiger partial charge in [0.05, 0.1) is 5.92 Å². The number of aryl methyl sites for hydroxylation is 1. The number of rotatable bonds is 5. The number of H-pyrrole nitrogens is 1. The lowest BCUT2D eigenvalue weighted by Crippen LogP contribution is -2.19. The van der Waals surface area contributed by atoms with E-state index >= 15 is 0 Å². The Labute approximate surface area is 135 Å². The molecule has 3 heterocycles. The molecule has 1 N–H and O–H groups in total. The first-order chi connectivity index (χ1) is 11.3. The van der Waals surface area contributed by atoms with Gasteiger partial charge in [0.2, 0.25) is 11.8 Å². The normalized spacial score (nSPS) is 18.9. The smallest absolute Gasteiger partial charge is 0.220 e. The van der Waals surface area contributed by atoms with E-state index in [0.717, 1.165) is 50.7 Å². The lowest BCUT2D eigenvalue weighted by Gasteiger charge is -2.14. The fraction of sp³-hybridized carbons (Fsp3) is 0.444. The molecule has 1 fully saturated rings. The van der Waals surface area contributed by atoms with Crippen LogP contribution in [0, 0.1) is 0 Å². The molecule has 5 nitrogen and oxygen atoms in total. The van der Waals surface area contributed by atoms with Gasteiger partial charge in [-0.05, 0) is 31.0 Å². The van der Waals surface area contributed by atoms with Crippen molar-refractivity contribution in [1.82, 2.24) is 20.1 Å². The van der Waals surface area contributed by atoms with Crippen molar-refractivity contribution in [2.24, 2.45) is 0 Å². The number of fused-ring (bicyclic) bond motifs is 1. The van der Waals surface area contributed by atoms with Crippen molar-refractivity contribution >= 4 is 10.9 Å². The standard InChI is InChI=1S/C18H22N4O/c1-2-5-17-20-21-18(23-17)13-8-9-22(11-13)12-14-10-19-16-7-4-3-6-15(14)16/h3-4,6-7,10,13,19H,2,5,8-9,11-12H2,1H3. The fourth-order valence-corrected chi connectivity index (χ4v) is 3.43. The highest BCUT2D eigenvalue weighted by molar-refractivity contribution is 5.82. The molecule has 0 spiro atoms. The van der Waals surface area contributed by atoms with Gasteiger partial charge in [0.25, 0.3) is 0 Å². The van der Waals surface area contributed by atoms with Crippen LogP contribution in [0.4, 0.5) is 0 Å². The van der Waals surface area contributed by atoms with Gasteiger partial charge in [-0.15, -0.1) is 10.2 Å². The summed E-state index contributed by atoms with van der Waals surface area (Å²) in [5.74, 6) is 1.96. The molecule has 0 bridgehead atoms. The van der Waals surface area contributed by atoms with Crippen LogP contribution < -0.4 is 0 Å². The van der Waals surface area contributed by atoms with Gasteiger partial charge < -0.3 is 9.40 Å². The topological polar surface area (TPSA) is 58.0 Å². The Morgan fingerprint density at radius 3 is 3.13 bits per heavy atom. The van der Waals surface area contributed by atoms with Crippen molar-refractivity contribution in [3.63, 3.8) is 0 Å². The average molecular weight is 310 g/mol. The highest BCUT2D eigenvalue weighted by Gasteiger charge is 2.28.